The average Bonchev–Trinajstić information content (AvgIpc) is 2.79. The molecule has 1 aliphatic heterocycles. The van der Waals surface area contributed by atoms with Gasteiger partial charge in [-0.3, -0.25) is 14.2 Å². The van der Waals surface area contributed by atoms with Gasteiger partial charge in [0.15, 0.2) is 0 Å². The lowest BCUT2D eigenvalue weighted by atomic mass is 10.2. The monoisotopic (exact) mass is 499 g/mol. The molecule has 180 valence electrons. The Kier molecular flexibility index (Phi) is 8.05. The van der Waals surface area contributed by atoms with Crippen molar-refractivity contribution in [2.24, 2.45) is 0 Å². The van der Waals surface area contributed by atoms with E-state index in [2.05, 4.69) is 14.9 Å². The fourth-order valence-electron chi connectivity index (χ4n) is 3.21. The van der Waals surface area contributed by atoms with E-state index in [9.17, 15) is 21.6 Å². The number of anilines is 1. The van der Waals surface area contributed by atoms with Gasteiger partial charge in [-0.15, -0.1) is 0 Å². The van der Waals surface area contributed by atoms with Crippen molar-refractivity contribution in [1.82, 2.24) is 9.62 Å². The van der Waals surface area contributed by atoms with E-state index in [1.807, 2.05) is 0 Å². The number of hydrogen-bond donors (Lipinski definition) is 3. The van der Waals surface area contributed by atoms with Crippen LogP contribution in [0.25, 0.3) is 0 Å². The topological polar surface area (TPSA) is 151 Å². The second-order valence-electron chi connectivity index (χ2n) is 7.17. The van der Waals surface area contributed by atoms with Crippen molar-refractivity contribution in [2.75, 3.05) is 51.8 Å². The average molecular weight is 500 g/mol. The number of benzene rings is 2. The molecule has 0 aliphatic carbocycles. The van der Waals surface area contributed by atoms with E-state index in [4.69, 9.17) is 14.0 Å². The summed E-state index contributed by atoms with van der Waals surface area (Å²) in [5, 5.41) is 2.48. The first kappa shape index (κ1) is 25.1. The molecule has 0 bridgehead atoms. The van der Waals surface area contributed by atoms with Crippen molar-refractivity contribution < 1.29 is 35.7 Å². The van der Waals surface area contributed by atoms with Crippen molar-refractivity contribution in [3.63, 3.8) is 0 Å². The van der Waals surface area contributed by atoms with E-state index in [-0.39, 0.29) is 33.3 Å². The van der Waals surface area contributed by atoms with E-state index < -0.39 is 26.0 Å². The number of carbonyl (C=O) groups excluding carboxylic acids is 1. The molecule has 3 N–H and O–H groups in total. The molecule has 1 aliphatic rings. The Bertz CT molecular complexity index is 1210. The molecule has 0 atom stereocenters. The second-order valence-corrected chi connectivity index (χ2v) is 10.3. The van der Waals surface area contributed by atoms with Crippen molar-refractivity contribution in [2.45, 2.75) is 9.79 Å². The minimum absolute atomic E-state index is 0.0154. The maximum atomic E-state index is 12.9. The number of nitrogens with one attached hydrogen (secondary N) is 2. The molecule has 0 aromatic heterocycles. The summed E-state index contributed by atoms with van der Waals surface area (Å²) >= 11 is 0. The van der Waals surface area contributed by atoms with Gasteiger partial charge in [-0.1, -0.05) is 6.07 Å². The highest BCUT2D eigenvalue weighted by molar-refractivity contribution is 7.89. The van der Waals surface area contributed by atoms with Gasteiger partial charge >= 0.3 is 0 Å². The van der Waals surface area contributed by atoms with E-state index >= 15 is 0 Å². The normalized spacial score (nSPS) is 15.2. The molecule has 33 heavy (non-hydrogen) atoms. The quantitative estimate of drug-likeness (QED) is 0.426. The Hall–Kier alpha value is -2.55. The van der Waals surface area contributed by atoms with Crippen LogP contribution in [-0.4, -0.2) is 78.7 Å². The Labute approximate surface area is 192 Å². The number of morpholine rings is 1. The first-order valence-electron chi connectivity index (χ1n) is 9.97. The van der Waals surface area contributed by atoms with Gasteiger partial charge in [0.2, 0.25) is 10.0 Å². The SMILES string of the molecule is COc1ccc(C(=O)Nc2cccc(S(=O)(=O)O)c2)cc1S(=O)(=O)NCCN1CCOCC1. The molecule has 0 spiro atoms. The maximum Gasteiger partial charge on any atom is 0.294 e. The van der Waals surface area contributed by atoms with Crippen LogP contribution in [0.5, 0.6) is 5.75 Å². The molecular formula is C20H25N3O8S2. The molecule has 1 heterocycles. The molecule has 0 saturated carbocycles. The van der Waals surface area contributed by atoms with Crippen LogP contribution in [0.1, 0.15) is 10.4 Å². The van der Waals surface area contributed by atoms with Gasteiger partial charge in [0, 0.05) is 37.4 Å². The van der Waals surface area contributed by atoms with Crippen LogP contribution >= 0.6 is 0 Å². The smallest absolute Gasteiger partial charge is 0.294 e. The van der Waals surface area contributed by atoms with Crippen molar-refractivity contribution in [3.05, 3.63) is 48.0 Å². The summed E-state index contributed by atoms with van der Waals surface area (Å²) in [7, 11) is -7.11. The zero-order chi connectivity index (χ0) is 24.1. The Morgan fingerprint density at radius 2 is 1.85 bits per heavy atom. The predicted octanol–water partition coefficient (Wildman–Crippen LogP) is 0.805. The number of methoxy groups -OCH3 is 1. The molecule has 2 aromatic rings. The minimum atomic E-state index is -4.44. The van der Waals surface area contributed by atoms with Crippen LogP contribution < -0.4 is 14.8 Å². The molecule has 1 amide bonds. The summed E-state index contributed by atoms with van der Waals surface area (Å²) in [5.74, 6) is -0.603. The summed E-state index contributed by atoms with van der Waals surface area (Å²) in [5.41, 5.74) is 0.126. The molecule has 0 radical (unpaired) electrons. The largest absolute Gasteiger partial charge is 0.495 e. The highest BCUT2D eigenvalue weighted by Crippen LogP contribution is 2.25. The van der Waals surface area contributed by atoms with E-state index in [1.54, 1.807) is 0 Å². The maximum absolute atomic E-state index is 12.9. The van der Waals surface area contributed by atoms with E-state index in [0.717, 1.165) is 19.2 Å². The van der Waals surface area contributed by atoms with E-state index in [1.165, 1.54) is 43.5 Å². The van der Waals surface area contributed by atoms with Crippen LogP contribution in [0.3, 0.4) is 0 Å². The lowest BCUT2D eigenvalue weighted by Crippen LogP contribution is -2.41. The molecular weight excluding hydrogens is 474 g/mol. The summed E-state index contributed by atoms with van der Waals surface area (Å²) < 4.78 is 70.5. The Balaban J connectivity index is 1.76. The number of rotatable bonds is 9. The number of carbonyl (C=O) groups is 1. The third-order valence-corrected chi connectivity index (χ3v) is 7.26. The van der Waals surface area contributed by atoms with Crippen LogP contribution in [0.2, 0.25) is 0 Å². The third kappa shape index (κ3) is 6.72. The van der Waals surface area contributed by atoms with Crippen LogP contribution in [0.15, 0.2) is 52.3 Å². The summed E-state index contributed by atoms with van der Waals surface area (Å²) in [6.45, 7) is 3.33. The first-order valence-corrected chi connectivity index (χ1v) is 12.9. The first-order chi connectivity index (χ1) is 15.6. The molecule has 11 nitrogen and oxygen atoms in total. The van der Waals surface area contributed by atoms with Gasteiger partial charge in [-0.05, 0) is 36.4 Å². The van der Waals surface area contributed by atoms with Crippen molar-refractivity contribution in [1.29, 1.82) is 0 Å². The predicted molar refractivity (Wildman–Crippen MR) is 120 cm³/mol. The number of nitrogens with zero attached hydrogens (tertiary/aromatic N) is 1. The lowest BCUT2D eigenvalue weighted by Gasteiger charge is -2.26. The Morgan fingerprint density at radius 3 is 2.52 bits per heavy atom. The molecule has 13 heteroatoms. The summed E-state index contributed by atoms with van der Waals surface area (Å²) in [6.07, 6.45) is 0. The van der Waals surface area contributed by atoms with Crippen LogP contribution in [-0.2, 0) is 24.9 Å². The van der Waals surface area contributed by atoms with Gasteiger partial charge in [0.05, 0.1) is 25.2 Å². The lowest BCUT2D eigenvalue weighted by molar-refractivity contribution is 0.0390. The molecule has 1 saturated heterocycles. The highest BCUT2D eigenvalue weighted by atomic mass is 32.2. The van der Waals surface area contributed by atoms with E-state index in [0.29, 0.717) is 19.8 Å². The second kappa shape index (κ2) is 10.6. The third-order valence-electron chi connectivity index (χ3n) is 4.93. The molecule has 1 fully saturated rings. The van der Waals surface area contributed by atoms with Crippen molar-refractivity contribution in [3.8, 4) is 5.75 Å². The molecule has 0 unspecified atom stereocenters. The zero-order valence-corrected chi connectivity index (χ0v) is 19.5. The Morgan fingerprint density at radius 1 is 1.12 bits per heavy atom. The van der Waals surface area contributed by atoms with Crippen LogP contribution in [0.4, 0.5) is 5.69 Å². The standard InChI is InChI=1S/C20H25N3O8S2/c1-30-18-6-5-15(20(24)22-16-3-2-4-17(14-16)33(27,28)29)13-19(18)32(25,26)21-7-8-23-9-11-31-12-10-23/h2-6,13-14,21H,7-12H2,1H3,(H,22,24)(H,27,28,29). The van der Waals surface area contributed by atoms with Crippen molar-refractivity contribution >= 4 is 31.7 Å². The zero-order valence-electron chi connectivity index (χ0n) is 17.9. The van der Waals surface area contributed by atoms with Gasteiger partial charge < -0.3 is 14.8 Å². The minimum Gasteiger partial charge on any atom is -0.495 e. The highest BCUT2D eigenvalue weighted by Gasteiger charge is 2.22. The van der Waals surface area contributed by atoms with Gasteiger partial charge in [-0.2, -0.15) is 8.42 Å². The number of sulfonamides is 1. The number of amides is 1. The summed E-state index contributed by atoms with van der Waals surface area (Å²) in [6, 6.07) is 8.96. The van der Waals surface area contributed by atoms with Gasteiger partial charge in [0.1, 0.15) is 10.6 Å². The number of ether oxygens (including phenoxy) is 2. The van der Waals surface area contributed by atoms with Gasteiger partial charge in [-0.25, -0.2) is 13.1 Å². The fourth-order valence-corrected chi connectivity index (χ4v) is 4.95. The van der Waals surface area contributed by atoms with Gasteiger partial charge in [0.25, 0.3) is 16.0 Å². The number of hydrogen-bond acceptors (Lipinski definition) is 8. The summed E-state index contributed by atoms with van der Waals surface area (Å²) in [4.78, 5) is 14.2. The molecule has 2 aromatic carbocycles. The molecule has 3 rings (SSSR count). The van der Waals surface area contributed by atoms with Crippen LogP contribution in [0, 0.1) is 0 Å². The fraction of sp³-hybridized carbons (Fsp3) is 0.350.